The van der Waals surface area contributed by atoms with Gasteiger partial charge in [0.2, 0.25) is 0 Å². The predicted molar refractivity (Wildman–Crippen MR) is 214 cm³/mol. The van der Waals surface area contributed by atoms with E-state index in [9.17, 15) is 50.8 Å². The highest BCUT2D eigenvalue weighted by molar-refractivity contribution is 5.77. The van der Waals surface area contributed by atoms with Gasteiger partial charge in [-0.3, -0.25) is 4.79 Å². The lowest BCUT2D eigenvalue weighted by molar-refractivity contribution is -0.378. The van der Waals surface area contributed by atoms with Crippen molar-refractivity contribution < 1.29 is 79.2 Å². The molecule has 21 atom stereocenters. The van der Waals surface area contributed by atoms with E-state index in [1.165, 1.54) is 5.57 Å². The molecule has 348 valence electrons. The zero-order valence-corrected chi connectivity index (χ0v) is 36.8. The quantitative estimate of drug-likeness (QED) is 0.130. The second kappa shape index (κ2) is 15.9. The van der Waals surface area contributed by atoms with Crippen LogP contribution >= 0.6 is 0 Å². The van der Waals surface area contributed by atoms with E-state index in [-0.39, 0.29) is 65.3 Å². The molecule has 0 bridgehead atoms. The first kappa shape index (κ1) is 46.2. The highest BCUT2D eigenvalue weighted by Crippen LogP contribution is 2.76. The third-order valence-corrected chi connectivity index (χ3v) is 18.2. The van der Waals surface area contributed by atoms with E-state index >= 15 is 0 Å². The molecule has 1 unspecified atom stereocenters. The molecule has 9 N–H and O–H groups in total. The molecule has 4 saturated carbocycles. The van der Waals surface area contributed by atoms with Gasteiger partial charge in [0.05, 0.1) is 32.0 Å². The van der Waals surface area contributed by atoms with Crippen LogP contribution in [-0.4, -0.2) is 158 Å². The summed E-state index contributed by atoms with van der Waals surface area (Å²) in [4.78, 5) is 13.2. The highest BCUT2D eigenvalue weighted by Gasteiger charge is 2.71. The van der Waals surface area contributed by atoms with Crippen molar-refractivity contribution in [2.45, 2.75) is 192 Å². The van der Waals surface area contributed by atoms with Gasteiger partial charge in [-0.1, -0.05) is 60.1 Å². The third-order valence-electron chi connectivity index (χ3n) is 18.2. The van der Waals surface area contributed by atoms with Gasteiger partial charge in [-0.15, -0.1) is 0 Å². The summed E-state index contributed by atoms with van der Waals surface area (Å²) in [6.07, 6.45) is -10.1. The summed E-state index contributed by atoms with van der Waals surface area (Å²) in [5, 5.41) is 97.2. The van der Waals surface area contributed by atoms with Crippen molar-refractivity contribution in [3.63, 3.8) is 0 Å². The largest absolute Gasteiger partial charge is 0.481 e. The summed E-state index contributed by atoms with van der Waals surface area (Å²) in [5.41, 5.74) is -1.10. The molecule has 0 radical (unpaired) electrons. The highest BCUT2D eigenvalue weighted by atomic mass is 16.8. The normalized spacial score (nSPS) is 54.3. The molecular formula is C45H72O16. The number of carbonyl (C=O) groups is 1. The Bertz CT molecular complexity index is 1670. The molecule has 8 aliphatic rings. The number of hydrogen-bond acceptors (Lipinski definition) is 15. The van der Waals surface area contributed by atoms with Gasteiger partial charge in [0, 0.05) is 0 Å². The average Bonchev–Trinajstić information content (AvgIpc) is 3.18. The van der Waals surface area contributed by atoms with Crippen LogP contribution in [0.3, 0.4) is 0 Å². The van der Waals surface area contributed by atoms with Gasteiger partial charge in [0.25, 0.3) is 0 Å². The van der Waals surface area contributed by atoms with E-state index in [0.717, 1.165) is 38.5 Å². The Kier molecular flexibility index (Phi) is 12.1. The van der Waals surface area contributed by atoms with E-state index in [4.69, 9.17) is 28.4 Å². The molecule has 16 heteroatoms. The summed E-state index contributed by atoms with van der Waals surface area (Å²) in [6, 6.07) is 0. The molecule has 3 saturated heterocycles. The molecule has 61 heavy (non-hydrogen) atoms. The smallest absolute Gasteiger partial charge is 0.312 e. The Morgan fingerprint density at radius 1 is 0.639 bits per heavy atom. The van der Waals surface area contributed by atoms with E-state index in [0.29, 0.717) is 19.3 Å². The first-order valence-electron chi connectivity index (χ1n) is 22.6. The van der Waals surface area contributed by atoms with Crippen molar-refractivity contribution in [3.8, 4) is 0 Å². The molecule has 16 nitrogen and oxygen atoms in total. The number of hydrogen-bond donors (Lipinski definition) is 9. The summed E-state index contributed by atoms with van der Waals surface area (Å²) in [6.45, 7) is 15.0. The van der Waals surface area contributed by atoms with Crippen LogP contribution in [0.4, 0.5) is 0 Å². The molecule has 5 aliphatic carbocycles. The number of allylic oxidation sites excluding steroid dienone is 2. The Morgan fingerprint density at radius 3 is 1.80 bits per heavy atom. The molecule has 3 aliphatic heterocycles. The van der Waals surface area contributed by atoms with Crippen LogP contribution in [0.2, 0.25) is 0 Å². The Morgan fingerprint density at radius 2 is 1.20 bits per heavy atom. The van der Waals surface area contributed by atoms with Crippen molar-refractivity contribution in [3.05, 3.63) is 11.6 Å². The maximum Gasteiger partial charge on any atom is 0.312 e. The summed E-state index contributed by atoms with van der Waals surface area (Å²) < 4.78 is 36.1. The van der Waals surface area contributed by atoms with Crippen molar-refractivity contribution >= 4 is 5.97 Å². The van der Waals surface area contributed by atoms with Crippen molar-refractivity contribution in [1.82, 2.24) is 0 Å². The SMILES string of the molecule is CC1(C)CC[C@]2(C(=O)O)C(O)C[C@]3(C)C(=CC[C@@H]4[C@@]5(C)CC[C@H](O[C@@H]6OC[C@H](O)[C@@H](O)[C@H]6O[C@@H]6OC[C@@H](O)[C@@H](O)[C@H]6O[C@@H]6OC[C@@H](O)[C@H](O)[C@H]6O)C(C)(C)[C@@H]5CC[C@]43C)[C@@H]2C1. The molecule has 0 aromatic heterocycles. The lowest BCUT2D eigenvalue weighted by Gasteiger charge is -2.71. The van der Waals surface area contributed by atoms with Crippen molar-refractivity contribution in [2.75, 3.05) is 19.8 Å². The van der Waals surface area contributed by atoms with Gasteiger partial charge in [-0.25, -0.2) is 0 Å². The van der Waals surface area contributed by atoms with Crippen LogP contribution < -0.4 is 0 Å². The van der Waals surface area contributed by atoms with E-state index in [2.05, 4.69) is 54.5 Å². The molecular weight excluding hydrogens is 796 g/mol. The number of aliphatic hydroxyl groups excluding tert-OH is 8. The molecule has 0 amide bonds. The lowest BCUT2D eigenvalue weighted by atomic mass is 9.33. The number of carboxylic acids is 1. The standard InChI is InChI=1S/C45H72O16/c1-40(2)14-15-45(39(54)55)22(16-40)21-8-9-27-42(5)12-11-29(41(3,4)26(42)10-13-43(27,6)44(21,7)17-28(45)49)59-37-34(31(51)24(47)19-57-37)61-38-35(32(52)25(48)20-58-38)60-36-33(53)30(50)23(46)18-56-36/h8,22-38,46-53H,9-20H2,1-7H3,(H,54,55)/t22-,23+,24-,25+,26-,27+,28?,29-,30-,31+,32+,33+,34+,35+,36-,37-,38-,42-,43+,44+,45+/m0/s1. The fraction of sp³-hybridized carbons (Fsp3) is 0.933. The Labute approximate surface area is 358 Å². The van der Waals surface area contributed by atoms with Crippen molar-refractivity contribution in [1.29, 1.82) is 0 Å². The minimum atomic E-state index is -1.71. The number of aliphatic carboxylic acids is 1. The number of fused-ring (bicyclic) bond motifs is 7. The minimum absolute atomic E-state index is 0.0294. The average molecular weight is 869 g/mol. The van der Waals surface area contributed by atoms with Crippen LogP contribution in [-0.2, 0) is 33.2 Å². The van der Waals surface area contributed by atoms with Crippen LogP contribution in [0.25, 0.3) is 0 Å². The minimum Gasteiger partial charge on any atom is -0.481 e. The maximum atomic E-state index is 13.2. The van der Waals surface area contributed by atoms with E-state index < -0.39 is 96.7 Å². The molecule has 0 aromatic carbocycles. The van der Waals surface area contributed by atoms with Crippen LogP contribution in [0.15, 0.2) is 11.6 Å². The van der Waals surface area contributed by atoms with E-state index in [1.54, 1.807) is 0 Å². The Balaban J connectivity index is 1.02. The fourth-order valence-electron chi connectivity index (χ4n) is 14.4. The first-order valence-corrected chi connectivity index (χ1v) is 22.6. The van der Waals surface area contributed by atoms with Crippen LogP contribution in [0.5, 0.6) is 0 Å². The van der Waals surface area contributed by atoms with Crippen LogP contribution in [0, 0.1) is 50.2 Å². The number of aliphatic hydroxyl groups is 8. The Hall–Kier alpha value is -1.35. The van der Waals surface area contributed by atoms with Gasteiger partial charge in [0.15, 0.2) is 18.9 Å². The van der Waals surface area contributed by atoms with Crippen molar-refractivity contribution in [2.24, 2.45) is 50.2 Å². The summed E-state index contributed by atoms with van der Waals surface area (Å²) >= 11 is 0. The fourth-order valence-corrected chi connectivity index (χ4v) is 14.4. The maximum absolute atomic E-state index is 13.2. The zero-order chi connectivity index (χ0) is 44.4. The monoisotopic (exact) mass is 868 g/mol. The molecule has 0 aromatic rings. The van der Waals surface area contributed by atoms with Gasteiger partial charge in [-0.2, -0.15) is 0 Å². The molecule has 8 rings (SSSR count). The van der Waals surface area contributed by atoms with E-state index in [1.807, 2.05) is 0 Å². The first-order chi connectivity index (χ1) is 28.4. The molecule has 0 spiro atoms. The molecule has 7 fully saturated rings. The van der Waals surface area contributed by atoms with Gasteiger partial charge in [0.1, 0.15) is 60.4 Å². The third kappa shape index (κ3) is 7.11. The van der Waals surface area contributed by atoms with Gasteiger partial charge >= 0.3 is 5.97 Å². The number of carboxylic acid groups (broad SMARTS) is 1. The zero-order valence-electron chi connectivity index (χ0n) is 36.8. The summed E-state index contributed by atoms with van der Waals surface area (Å²) in [7, 11) is 0. The predicted octanol–water partition coefficient (Wildman–Crippen LogP) is 1.59. The molecule has 3 heterocycles. The van der Waals surface area contributed by atoms with Gasteiger partial charge in [-0.05, 0) is 103 Å². The second-order valence-corrected chi connectivity index (χ2v) is 22.2. The van der Waals surface area contributed by atoms with Gasteiger partial charge < -0.3 is 74.4 Å². The lowest BCUT2D eigenvalue weighted by Crippen LogP contribution is -2.68. The number of ether oxygens (including phenoxy) is 6. The van der Waals surface area contributed by atoms with Crippen LogP contribution in [0.1, 0.15) is 106 Å². The number of rotatable bonds is 7. The summed E-state index contributed by atoms with van der Waals surface area (Å²) in [5.74, 6) is -0.656. The topological polar surface area (TPSA) is 255 Å². The second-order valence-electron chi connectivity index (χ2n) is 22.2.